The lowest BCUT2D eigenvalue weighted by atomic mass is 10.4. The quantitative estimate of drug-likeness (QED) is 0.491. The van der Waals surface area contributed by atoms with Gasteiger partial charge >= 0.3 is 5.69 Å². The van der Waals surface area contributed by atoms with Crippen molar-refractivity contribution in [1.29, 1.82) is 0 Å². The summed E-state index contributed by atoms with van der Waals surface area (Å²) in [5, 5.41) is 0. The smallest absolute Gasteiger partial charge is 0.329 e. The Morgan fingerprint density at radius 3 is 1.90 bits per heavy atom. The Balaban J connectivity index is 3.11. The van der Waals surface area contributed by atoms with E-state index in [9.17, 15) is 9.59 Å². The number of hydrogen-bond acceptors (Lipinski definition) is 2. The highest BCUT2D eigenvalue weighted by molar-refractivity contribution is 14.1. The van der Waals surface area contributed by atoms with Gasteiger partial charge in [0.05, 0.1) is 72.0 Å². The highest BCUT2D eigenvalue weighted by Gasteiger charge is 2.15. The molecule has 0 atom stereocenters. The standard InChI is InChI=1S/C14H27IN4O2/c1-18(2,3)9-7-16-11-12(15)13(20)17(14(16)21)8-10-19(4,5)6/h11H,7-10H2,1-6H3/q+2. The van der Waals surface area contributed by atoms with Crippen LogP contribution in [0.5, 0.6) is 0 Å². The lowest BCUT2D eigenvalue weighted by molar-refractivity contribution is -0.871. The number of rotatable bonds is 6. The number of quaternary nitrogens is 2. The summed E-state index contributed by atoms with van der Waals surface area (Å²) in [5.74, 6) is 0. The van der Waals surface area contributed by atoms with Crippen molar-refractivity contribution in [1.82, 2.24) is 9.13 Å². The Hall–Kier alpha value is -0.670. The van der Waals surface area contributed by atoms with Crippen molar-refractivity contribution in [2.45, 2.75) is 13.1 Å². The Bertz CT molecular complexity index is 605. The molecular formula is C14H27IN4O2+2. The molecule has 0 saturated heterocycles. The molecule has 0 amide bonds. The van der Waals surface area contributed by atoms with E-state index < -0.39 is 0 Å². The van der Waals surface area contributed by atoms with Gasteiger partial charge in [0.25, 0.3) is 5.56 Å². The molecule has 0 bridgehead atoms. The van der Waals surface area contributed by atoms with Crippen LogP contribution in [0.2, 0.25) is 0 Å². The van der Waals surface area contributed by atoms with Crippen LogP contribution in [0, 0.1) is 3.57 Å². The molecule has 1 rings (SSSR count). The molecule has 0 aliphatic heterocycles. The molecular weight excluding hydrogens is 383 g/mol. The minimum atomic E-state index is -0.206. The highest BCUT2D eigenvalue weighted by Crippen LogP contribution is 1.98. The predicted octanol–water partition coefficient (Wildman–Crippen LogP) is 0.0270. The van der Waals surface area contributed by atoms with Crippen LogP contribution in [0.15, 0.2) is 15.8 Å². The Morgan fingerprint density at radius 1 is 0.952 bits per heavy atom. The predicted molar refractivity (Wildman–Crippen MR) is 93.5 cm³/mol. The Morgan fingerprint density at radius 2 is 1.43 bits per heavy atom. The lowest BCUT2D eigenvalue weighted by Gasteiger charge is -2.25. The summed E-state index contributed by atoms with van der Waals surface area (Å²) in [6.07, 6.45) is 1.67. The number of nitrogens with zero attached hydrogens (tertiary/aromatic N) is 4. The van der Waals surface area contributed by atoms with Crippen molar-refractivity contribution in [3.63, 3.8) is 0 Å². The van der Waals surface area contributed by atoms with Crippen LogP contribution in [0.3, 0.4) is 0 Å². The molecule has 6 nitrogen and oxygen atoms in total. The van der Waals surface area contributed by atoms with E-state index in [0.717, 1.165) is 22.1 Å². The summed E-state index contributed by atoms with van der Waals surface area (Å²) in [5.41, 5.74) is -0.391. The monoisotopic (exact) mass is 410 g/mol. The first-order chi connectivity index (χ1) is 9.41. The van der Waals surface area contributed by atoms with Gasteiger partial charge in [-0.2, -0.15) is 0 Å². The molecule has 0 aliphatic rings. The van der Waals surface area contributed by atoms with Gasteiger partial charge in [-0.15, -0.1) is 0 Å². The van der Waals surface area contributed by atoms with Gasteiger partial charge in [0.15, 0.2) is 0 Å². The first-order valence-corrected chi connectivity index (χ1v) is 8.09. The molecule has 1 heterocycles. The zero-order valence-electron chi connectivity index (χ0n) is 13.9. The first kappa shape index (κ1) is 18.4. The minimum Gasteiger partial charge on any atom is -0.329 e. The maximum Gasteiger partial charge on any atom is 0.331 e. The summed E-state index contributed by atoms with van der Waals surface area (Å²) in [6.45, 7) is 2.64. The van der Waals surface area contributed by atoms with Crippen molar-refractivity contribution in [2.75, 3.05) is 55.4 Å². The summed E-state index contributed by atoms with van der Waals surface area (Å²) < 4.78 is 5.11. The maximum atomic E-state index is 12.5. The fourth-order valence-corrected chi connectivity index (χ4v) is 2.41. The molecule has 0 saturated carbocycles. The van der Waals surface area contributed by atoms with Crippen LogP contribution in [-0.4, -0.2) is 73.5 Å². The third-order valence-electron chi connectivity index (χ3n) is 3.20. The number of halogens is 1. The van der Waals surface area contributed by atoms with E-state index in [1.807, 2.05) is 22.6 Å². The van der Waals surface area contributed by atoms with E-state index in [-0.39, 0.29) is 11.2 Å². The molecule has 0 unspecified atom stereocenters. The van der Waals surface area contributed by atoms with Crippen molar-refractivity contribution in [3.05, 3.63) is 30.6 Å². The molecule has 0 aromatic carbocycles. The topological polar surface area (TPSA) is 44.0 Å². The first-order valence-electron chi connectivity index (χ1n) is 7.01. The average Bonchev–Trinajstić information content (AvgIpc) is 2.29. The van der Waals surface area contributed by atoms with Gasteiger partial charge in [-0.05, 0) is 22.6 Å². The summed E-state index contributed by atoms with van der Waals surface area (Å²) >= 11 is 2.01. The third-order valence-corrected chi connectivity index (χ3v) is 3.94. The van der Waals surface area contributed by atoms with Gasteiger partial charge in [-0.1, -0.05) is 0 Å². The largest absolute Gasteiger partial charge is 0.331 e. The van der Waals surface area contributed by atoms with Gasteiger partial charge in [0.1, 0.15) is 0 Å². The van der Waals surface area contributed by atoms with Crippen LogP contribution >= 0.6 is 22.6 Å². The van der Waals surface area contributed by atoms with Crippen LogP contribution < -0.4 is 11.2 Å². The zero-order valence-corrected chi connectivity index (χ0v) is 16.0. The fraction of sp³-hybridized carbons (Fsp3) is 0.714. The lowest BCUT2D eigenvalue weighted by Crippen LogP contribution is -2.47. The normalized spacial score (nSPS) is 12.7. The van der Waals surface area contributed by atoms with E-state index in [1.165, 1.54) is 4.57 Å². The van der Waals surface area contributed by atoms with Crippen molar-refractivity contribution in [3.8, 4) is 0 Å². The average molecular weight is 410 g/mol. The molecule has 21 heavy (non-hydrogen) atoms. The molecule has 120 valence electrons. The number of likely N-dealkylation sites (N-methyl/N-ethyl adjacent to an activating group) is 2. The van der Waals surface area contributed by atoms with E-state index >= 15 is 0 Å². The van der Waals surface area contributed by atoms with E-state index in [2.05, 4.69) is 42.3 Å². The molecule has 0 radical (unpaired) electrons. The van der Waals surface area contributed by atoms with Crippen molar-refractivity contribution >= 4 is 22.6 Å². The maximum absolute atomic E-state index is 12.5. The van der Waals surface area contributed by atoms with Gasteiger partial charge in [0.2, 0.25) is 0 Å². The summed E-state index contributed by atoms with van der Waals surface area (Å²) in [4.78, 5) is 24.7. The number of hydrogen-bond donors (Lipinski definition) is 0. The number of aromatic nitrogens is 2. The van der Waals surface area contributed by atoms with Crippen LogP contribution in [0.1, 0.15) is 0 Å². The highest BCUT2D eigenvalue weighted by atomic mass is 127. The van der Waals surface area contributed by atoms with Gasteiger partial charge in [-0.25, -0.2) is 4.79 Å². The fourth-order valence-electron chi connectivity index (χ4n) is 1.78. The Labute approximate surface area is 139 Å². The van der Waals surface area contributed by atoms with Crippen molar-refractivity contribution < 1.29 is 8.97 Å². The van der Waals surface area contributed by atoms with Gasteiger partial charge in [-0.3, -0.25) is 13.9 Å². The second kappa shape index (κ2) is 6.62. The zero-order chi connectivity index (χ0) is 16.4. The Kier molecular flexibility index (Phi) is 5.79. The second-order valence-corrected chi connectivity index (χ2v) is 8.60. The molecule has 0 N–H and O–H groups in total. The molecule has 7 heteroatoms. The molecule has 1 aromatic heterocycles. The molecule has 0 spiro atoms. The van der Waals surface area contributed by atoms with Crippen LogP contribution in [0.4, 0.5) is 0 Å². The van der Waals surface area contributed by atoms with Crippen LogP contribution in [0.25, 0.3) is 0 Å². The second-order valence-electron chi connectivity index (χ2n) is 7.44. The van der Waals surface area contributed by atoms with E-state index in [1.54, 1.807) is 10.8 Å². The van der Waals surface area contributed by atoms with E-state index in [0.29, 0.717) is 16.7 Å². The third kappa shape index (κ3) is 5.91. The summed E-state index contributed by atoms with van der Waals surface area (Å²) in [6, 6.07) is 0. The molecule has 0 fully saturated rings. The van der Waals surface area contributed by atoms with Crippen LogP contribution in [-0.2, 0) is 13.1 Å². The van der Waals surface area contributed by atoms with Gasteiger partial charge < -0.3 is 8.97 Å². The minimum absolute atomic E-state index is 0.185. The molecule has 0 aliphatic carbocycles. The van der Waals surface area contributed by atoms with Gasteiger partial charge in [0, 0.05) is 6.20 Å². The SMILES string of the molecule is C[N+](C)(C)CCn1cc(I)c(=O)n(CC[N+](C)(C)C)c1=O. The molecule has 1 aromatic rings. The van der Waals surface area contributed by atoms with E-state index in [4.69, 9.17) is 0 Å². The summed E-state index contributed by atoms with van der Waals surface area (Å²) in [7, 11) is 12.4. The van der Waals surface area contributed by atoms with Crippen molar-refractivity contribution in [2.24, 2.45) is 0 Å².